The highest BCUT2D eigenvalue weighted by Gasteiger charge is 2.16. The molecule has 0 aliphatic heterocycles. The van der Waals surface area contributed by atoms with Crippen LogP contribution in [0.15, 0.2) is 111 Å². The number of carbonyl (C=O) groups excluding carboxylic acids is 4. The van der Waals surface area contributed by atoms with E-state index in [2.05, 4.69) is 26.3 Å². The Morgan fingerprint density at radius 3 is 1.43 bits per heavy atom. The predicted octanol–water partition coefficient (Wildman–Crippen LogP) is 6.03. The van der Waals surface area contributed by atoms with Gasteiger partial charge < -0.3 is 18.9 Å². The van der Waals surface area contributed by atoms with Gasteiger partial charge in [-0.2, -0.15) is 0 Å². The van der Waals surface area contributed by atoms with Crippen LogP contribution in [-0.2, 0) is 19.2 Å². The molecule has 0 aliphatic carbocycles. The molecule has 0 heterocycles. The first kappa shape index (κ1) is 27.3. The molecule has 0 amide bonds. The van der Waals surface area contributed by atoms with Crippen molar-refractivity contribution >= 4 is 45.4 Å². The van der Waals surface area contributed by atoms with E-state index in [-0.39, 0.29) is 23.0 Å². The first-order valence-corrected chi connectivity index (χ1v) is 11.8. The molecule has 198 valence electrons. The third-order valence-corrected chi connectivity index (χ3v) is 5.69. The Morgan fingerprint density at radius 2 is 0.875 bits per heavy atom. The molecule has 4 rings (SSSR count). The molecule has 4 aromatic carbocycles. The fourth-order valence-electron chi connectivity index (χ4n) is 3.86. The second-order valence-electron chi connectivity index (χ2n) is 8.18. The highest BCUT2D eigenvalue weighted by atomic mass is 16.6. The van der Waals surface area contributed by atoms with Gasteiger partial charge in [0.05, 0.1) is 0 Å². The Hall–Kier alpha value is -5.76. The van der Waals surface area contributed by atoms with Crippen molar-refractivity contribution in [1.29, 1.82) is 0 Å². The van der Waals surface area contributed by atoms with Gasteiger partial charge in [-0.1, -0.05) is 56.6 Å². The monoisotopic (exact) mass is 534 g/mol. The Balaban J connectivity index is 1.81. The highest BCUT2D eigenvalue weighted by molar-refractivity contribution is 6.10. The molecule has 0 fully saturated rings. The number of esters is 4. The van der Waals surface area contributed by atoms with Gasteiger partial charge in [-0.25, -0.2) is 19.2 Å². The number of fused-ring (bicyclic) bond motifs is 3. The molecule has 40 heavy (non-hydrogen) atoms. The number of ether oxygens (including phenoxy) is 4. The molecular weight excluding hydrogens is 512 g/mol. The summed E-state index contributed by atoms with van der Waals surface area (Å²) in [7, 11) is 0. The van der Waals surface area contributed by atoms with Crippen molar-refractivity contribution < 1.29 is 38.1 Å². The van der Waals surface area contributed by atoms with E-state index in [0.717, 1.165) is 51.4 Å². The maximum Gasteiger partial charge on any atom is 0.335 e. The standard InChI is InChI=1S/C32H22O8/c1-5-29(33)37-25-14-12-20(16-26(25)38-30(34)6-2)19-11-13-23-21(15-19)9-10-22-17-27(39-31(35)7-3)28(18-24(22)23)40-32(36)8-4/h5-18H,1-4H2. The zero-order valence-electron chi connectivity index (χ0n) is 21.2. The Labute approximate surface area is 229 Å². The smallest absolute Gasteiger partial charge is 0.335 e. The predicted molar refractivity (Wildman–Crippen MR) is 150 cm³/mol. The topological polar surface area (TPSA) is 105 Å². The fraction of sp³-hybridized carbons (Fsp3) is 0. The summed E-state index contributed by atoms with van der Waals surface area (Å²) in [6.45, 7) is 13.6. The minimum atomic E-state index is -0.718. The van der Waals surface area contributed by atoms with Crippen LogP contribution in [0.4, 0.5) is 0 Å². The molecule has 4 aromatic rings. The van der Waals surface area contributed by atoms with Gasteiger partial charge in [-0.05, 0) is 63.0 Å². The van der Waals surface area contributed by atoms with Crippen LogP contribution in [0.25, 0.3) is 32.7 Å². The number of carbonyl (C=O) groups is 4. The third-order valence-electron chi connectivity index (χ3n) is 5.69. The largest absolute Gasteiger partial charge is 0.419 e. The van der Waals surface area contributed by atoms with Gasteiger partial charge in [0.1, 0.15) is 0 Å². The fourth-order valence-corrected chi connectivity index (χ4v) is 3.86. The van der Waals surface area contributed by atoms with E-state index in [1.807, 2.05) is 30.3 Å². The first-order chi connectivity index (χ1) is 19.3. The van der Waals surface area contributed by atoms with Crippen molar-refractivity contribution in [3.8, 4) is 34.1 Å². The average Bonchev–Trinajstić information content (AvgIpc) is 2.97. The van der Waals surface area contributed by atoms with Crippen molar-refractivity contribution in [1.82, 2.24) is 0 Å². The molecule has 8 heteroatoms. The van der Waals surface area contributed by atoms with Crippen molar-refractivity contribution in [2.24, 2.45) is 0 Å². The van der Waals surface area contributed by atoms with Crippen LogP contribution in [-0.4, -0.2) is 23.9 Å². The van der Waals surface area contributed by atoms with E-state index in [4.69, 9.17) is 18.9 Å². The lowest BCUT2D eigenvalue weighted by molar-refractivity contribution is -0.131. The van der Waals surface area contributed by atoms with Gasteiger partial charge in [0.25, 0.3) is 0 Å². The molecular formula is C32H22O8. The van der Waals surface area contributed by atoms with Crippen LogP contribution in [0.5, 0.6) is 23.0 Å². The van der Waals surface area contributed by atoms with E-state index in [9.17, 15) is 19.2 Å². The van der Waals surface area contributed by atoms with Crippen LogP contribution < -0.4 is 18.9 Å². The van der Waals surface area contributed by atoms with Crippen molar-refractivity contribution in [2.45, 2.75) is 0 Å². The maximum absolute atomic E-state index is 11.9. The normalized spacial score (nSPS) is 10.3. The summed E-state index contributed by atoms with van der Waals surface area (Å²) >= 11 is 0. The van der Waals surface area contributed by atoms with Crippen molar-refractivity contribution in [2.75, 3.05) is 0 Å². The van der Waals surface area contributed by atoms with Crippen molar-refractivity contribution in [3.05, 3.63) is 111 Å². The second kappa shape index (κ2) is 11.7. The molecule has 0 aromatic heterocycles. The molecule has 0 aliphatic rings. The lowest BCUT2D eigenvalue weighted by Crippen LogP contribution is -2.08. The summed E-state index contributed by atoms with van der Waals surface area (Å²) < 4.78 is 21.1. The summed E-state index contributed by atoms with van der Waals surface area (Å²) in [6.07, 6.45) is 4.00. The zero-order valence-corrected chi connectivity index (χ0v) is 21.2. The first-order valence-electron chi connectivity index (χ1n) is 11.8. The highest BCUT2D eigenvalue weighted by Crippen LogP contribution is 2.39. The molecule has 0 atom stereocenters. The second-order valence-corrected chi connectivity index (χ2v) is 8.18. The van der Waals surface area contributed by atoms with Gasteiger partial charge in [-0.3, -0.25) is 0 Å². The van der Waals surface area contributed by atoms with Gasteiger partial charge in [0, 0.05) is 24.3 Å². The minimum Gasteiger partial charge on any atom is -0.419 e. The quantitative estimate of drug-likeness (QED) is 0.111. The minimum absolute atomic E-state index is 0.0338. The molecule has 0 radical (unpaired) electrons. The molecule has 0 spiro atoms. The van der Waals surface area contributed by atoms with Crippen LogP contribution in [0, 0.1) is 0 Å². The molecule has 0 bridgehead atoms. The molecule has 8 nitrogen and oxygen atoms in total. The Kier molecular flexibility index (Phi) is 8.01. The van der Waals surface area contributed by atoms with Gasteiger partial charge in [0.15, 0.2) is 23.0 Å². The molecule has 0 unspecified atom stereocenters. The number of hydrogen-bond donors (Lipinski definition) is 0. The van der Waals surface area contributed by atoms with E-state index < -0.39 is 23.9 Å². The summed E-state index contributed by atoms with van der Waals surface area (Å²) in [5, 5.41) is 3.14. The zero-order chi connectivity index (χ0) is 28.8. The number of hydrogen-bond acceptors (Lipinski definition) is 8. The SMILES string of the molecule is C=CC(=O)Oc1ccc(-c2ccc3c(ccc4cc(OC(=O)C=C)c(OC(=O)C=C)cc43)c2)cc1OC(=O)C=C. The Morgan fingerprint density at radius 1 is 0.450 bits per heavy atom. The van der Waals surface area contributed by atoms with Crippen LogP contribution in [0.2, 0.25) is 0 Å². The van der Waals surface area contributed by atoms with Crippen molar-refractivity contribution in [3.63, 3.8) is 0 Å². The van der Waals surface area contributed by atoms with E-state index in [1.165, 1.54) is 6.07 Å². The maximum atomic E-state index is 11.9. The number of rotatable bonds is 9. The summed E-state index contributed by atoms with van der Waals surface area (Å²) in [5.74, 6) is -2.66. The molecule has 0 saturated heterocycles. The summed E-state index contributed by atoms with van der Waals surface area (Å²) in [4.78, 5) is 47.4. The average molecular weight is 535 g/mol. The summed E-state index contributed by atoms with van der Waals surface area (Å²) in [6, 6.07) is 17.4. The van der Waals surface area contributed by atoms with Gasteiger partial charge in [-0.15, -0.1) is 0 Å². The Bertz CT molecular complexity index is 1750. The van der Waals surface area contributed by atoms with Crippen LogP contribution in [0.3, 0.4) is 0 Å². The van der Waals surface area contributed by atoms with E-state index >= 15 is 0 Å². The van der Waals surface area contributed by atoms with E-state index in [0.29, 0.717) is 5.56 Å². The third kappa shape index (κ3) is 5.87. The van der Waals surface area contributed by atoms with Crippen LogP contribution in [0.1, 0.15) is 0 Å². The lowest BCUT2D eigenvalue weighted by atomic mass is 9.97. The number of benzene rings is 4. The van der Waals surface area contributed by atoms with E-state index in [1.54, 1.807) is 24.3 Å². The summed E-state index contributed by atoms with van der Waals surface area (Å²) in [5.41, 5.74) is 1.46. The van der Waals surface area contributed by atoms with Gasteiger partial charge in [0.2, 0.25) is 0 Å². The van der Waals surface area contributed by atoms with Crippen LogP contribution >= 0.6 is 0 Å². The molecule has 0 saturated carbocycles. The lowest BCUT2D eigenvalue weighted by Gasteiger charge is -2.13. The molecule has 0 N–H and O–H groups in total. The van der Waals surface area contributed by atoms with Gasteiger partial charge >= 0.3 is 23.9 Å².